The van der Waals surface area contributed by atoms with E-state index in [-0.39, 0.29) is 0 Å². The highest BCUT2D eigenvalue weighted by atomic mass is 16.1. The van der Waals surface area contributed by atoms with Crippen LogP contribution in [0.4, 0.5) is 0 Å². The Kier molecular flexibility index (Phi) is 3.44. The third kappa shape index (κ3) is 2.82. The Balaban J connectivity index is 2.15. The van der Waals surface area contributed by atoms with Crippen LogP contribution in [0.2, 0.25) is 0 Å². The van der Waals surface area contributed by atoms with Gasteiger partial charge in [0.25, 0.3) is 0 Å². The highest BCUT2D eigenvalue weighted by Crippen LogP contribution is 2.00. The van der Waals surface area contributed by atoms with Gasteiger partial charge in [-0.1, -0.05) is 6.92 Å². The van der Waals surface area contributed by atoms with Gasteiger partial charge in [0.2, 0.25) is 0 Å². The molecule has 0 radical (unpaired) electrons. The lowest BCUT2D eigenvalue weighted by molar-refractivity contribution is -0.118. The molecule has 66 valence electrons. The predicted molar refractivity (Wildman–Crippen MR) is 44.6 cm³/mol. The maximum Gasteiger partial charge on any atom is 0.132 e. The summed E-state index contributed by atoms with van der Waals surface area (Å²) in [5.41, 5.74) is 0.930. The zero-order valence-corrected chi connectivity index (χ0v) is 7.21. The summed E-state index contributed by atoms with van der Waals surface area (Å²) in [6, 6.07) is 0. The first-order valence-electron chi connectivity index (χ1n) is 4.19. The Morgan fingerprint density at radius 1 is 1.67 bits per heavy atom. The lowest BCUT2D eigenvalue weighted by atomic mass is 10.1. The van der Waals surface area contributed by atoms with Gasteiger partial charge in [-0.3, -0.25) is 4.79 Å². The molecule has 0 atom stereocenters. The molecule has 0 spiro atoms. The number of aryl methyl sites for hydroxylation is 1. The number of aromatic amines is 1. The van der Waals surface area contributed by atoms with E-state index < -0.39 is 0 Å². The minimum absolute atomic E-state index is 0.318. The van der Waals surface area contributed by atoms with Gasteiger partial charge in [-0.25, -0.2) is 0 Å². The van der Waals surface area contributed by atoms with Gasteiger partial charge in [0, 0.05) is 12.8 Å². The second-order valence-electron chi connectivity index (χ2n) is 2.71. The van der Waals surface area contributed by atoms with Gasteiger partial charge < -0.3 is 0 Å². The summed E-state index contributed by atoms with van der Waals surface area (Å²) in [5, 5.41) is 10.1. The van der Waals surface area contributed by atoms with Crippen LogP contribution in [0, 0.1) is 0 Å². The molecule has 1 aromatic rings. The molecule has 0 aliphatic rings. The third-order valence-electron chi connectivity index (χ3n) is 1.75. The molecular weight excluding hydrogens is 154 g/mol. The zero-order chi connectivity index (χ0) is 8.81. The maximum atomic E-state index is 10.9. The molecule has 0 unspecified atom stereocenters. The lowest BCUT2D eigenvalue weighted by Crippen LogP contribution is -1.96. The maximum absolute atomic E-state index is 10.9. The van der Waals surface area contributed by atoms with Crippen molar-refractivity contribution in [2.24, 2.45) is 0 Å². The van der Waals surface area contributed by atoms with Crippen LogP contribution in [0.25, 0.3) is 0 Å². The van der Waals surface area contributed by atoms with E-state index in [0.29, 0.717) is 18.6 Å². The van der Waals surface area contributed by atoms with Crippen LogP contribution < -0.4 is 0 Å². The third-order valence-corrected chi connectivity index (χ3v) is 1.75. The van der Waals surface area contributed by atoms with E-state index in [0.717, 1.165) is 18.5 Å². The molecule has 1 aromatic heterocycles. The van der Waals surface area contributed by atoms with Gasteiger partial charge >= 0.3 is 0 Å². The molecule has 0 amide bonds. The van der Waals surface area contributed by atoms with Gasteiger partial charge in [-0.2, -0.15) is 15.4 Å². The fraction of sp³-hybridized carbons (Fsp3) is 0.625. The molecule has 4 nitrogen and oxygen atoms in total. The molecule has 0 fully saturated rings. The predicted octanol–water partition coefficient (Wildman–Crippen LogP) is 1.11. The normalized spacial score (nSPS) is 10.1. The van der Waals surface area contributed by atoms with Crippen LogP contribution in [0.15, 0.2) is 6.20 Å². The van der Waals surface area contributed by atoms with Crippen LogP contribution in [0.3, 0.4) is 0 Å². The quantitative estimate of drug-likeness (QED) is 0.714. The summed E-state index contributed by atoms with van der Waals surface area (Å²) < 4.78 is 0. The summed E-state index contributed by atoms with van der Waals surface area (Å²) in [7, 11) is 0. The van der Waals surface area contributed by atoms with Crippen molar-refractivity contribution in [2.75, 3.05) is 0 Å². The molecule has 1 N–H and O–H groups in total. The minimum atomic E-state index is 0.318. The Morgan fingerprint density at radius 2 is 2.50 bits per heavy atom. The van der Waals surface area contributed by atoms with E-state index in [9.17, 15) is 4.79 Å². The van der Waals surface area contributed by atoms with Gasteiger partial charge in [0.05, 0.1) is 11.9 Å². The summed E-state index contributed by atoms with van der Waals surface area (Å²) in [4.78, 5) is 10.9. The van der Waals surface area contributed by atoms with Crippen molar-refractivity contribution in [3.8, 4) is 0 Å². The summed E-state index contributed by atoms with van der Waals surface area (Å²) >= 11 is 0. The van der Waals surface area contributed by atoms with Crippen molar-refractivity contribution in [2.45, 2.75) is 32.6 Å². The summed E-state index contributed by atoms with van der Waals surface area (Å²) in [6.45, 7) is 1.89. The number of ketones is 1. The molecular formula is C8H13N3O. The van der Waals surface area contributed by atoms with E-state index in [1.807, 2.05) is 6.92 Å². The van der Waals surface area contributed by atoms with Gasteiger partial charge in [0.15, 0.2) is 0 Å². The average Bonchev–Trinajstić information content (AvgIpc) is 2.57. The number of nitrogens with one attached hydrogen (secondary N) is 1. The Morgan fingerprint density at radius 3 is 3.08 bits per heavy atom. The fourth-order valence-corrected chi connectivity index (χ4v) is 0.989. The van der Waals surface area contributed by atoms with Crippen molar-refractivity contribution in [3.63, 3.8) is 0 Å². The number of nitrogens with zero attached hydrogens (tertiary/aromatic N) is 2. The number of hydrogen-bond acceptors (Lipinski definition) is 3. The van der Waals surface area contributed by atoms with E-state index >= 15 is 0 Å². The molecule has 0 aromatic carbocycles. The topological polar surface area (TPSA) is 58.6 Å². The van der Waals surface area contributed by atoms with Crippen LogP contribution >= 0.6 is 0 Å². The number of aromatic nitrogens is 3. The van der Waals surface area contributed by atoms with Gasteiger partial charge in [-0.15, -0.1) is 0 Å². The monoisotopic (exact) mass is 167 g/mol. The van der Waals surface area contributed by atoms with E-state index in [1.165, 1.54) is 0 Å². The highest BCUT2D eigenvalue weighted by Gasteiger charge is 1.99. The molecule has 12 heavy (non-hydrogen) atoms. The number of carbonyl (C=O) groups excluding carboxylic acids is 1. The van der Waals surface area contributed by atoms with Crippen molar-refractivity contribution < 1.29 is 4.79 Å². The summed E-state index contributed by atoms with van der Waals surface area (Å²) in [5.74, 6) is 0.318. The van der Waals surface area contributed by atoms with Crippen LogP contribution in [-0.2, 0) is 11.2 Å². The lowest BCUT2D eigenvalue weighted by Gasteiger charge is -1.94. The molecule has 0 aliphatic carbocycles. The number of hydrogen-bond donors (Lipinski definition) is 1. The van der Waals surface area contributed by atoms with Crippen molar-refractivity contribution >= 4 is 5.78 Å². The summed E-state index contributed by atoms with van der Waals surface area (Å²) in [6.07, 6.45) is 4.69. The number of carbonyl (C=O) groups is 1. The van der Waals surface area contributed by atoms with Crippen molar-refractivity contribution in [1.82, 2.24) is 15.4 Å². The minimum Gasteiger partial charge on any atom is -0.300 e. The molecule has 0 saturated carbocycles. The molecule has 0 aliphatic heterocycles. The van der Waals surface area contributed by atoms with Crippen LogP contribution in [-0.4, -0.2) is 21.2 Å². The largest absolute Gasteiger partial charge is 0.300 e. The Hall–Kier alpha value is -1.19. The van der Waals surface area contributed by atoms with E-state index in [2.05, 4.69) is 15.4 Å². The molecule has 0 bridgehead atoms. The molecule has 0 saturated heterocycles. The SMILES string of the molecule is CCC(=O)CCCc1cn[nH]n1. The standard InChI is InChI=1S/C8H13N3O/c1-2-8(12)5-3-4-7-6-9-11-10-7/h6H,2-5H2,1H3,(H,9,10,11). The second-order valence-corrected chi connectivity index (χ2v) is 2.71. The van der Waals surface area contributed by atoms with E-state index in [1.54, 1.807) is 6.20 Å². The average molecular weight is 167 g/mol. The zero-order valence-electron chi connectivity index (χ0n) is 7.21. The smallest absolute Gasteiger partial charge is 0.132 e. The Bertz CT molecular complexity index is 230. The van der Waals surface area contributed by atoms with Gasteiger partial charge in [-0.05, 0) is 12.8 Å². The molecule has 1 heterocycles. The van der Waals surface area contributed by atoms with E-state index in [4.69, 9.17) is 0 Å². The second kappa shape index (κ2) is 4.64. The van der Waals surface area contributed by atoms with Crippen LogP contribution in [0.5, 0.6) is 0 Å². The van der Waals surface area contributed by atoms with Crippen molar-refractivity contribution in [1.29, 1.82) is 0 Å². The first-order valence-corrected chi connectivity index (χ1v) is 4.19. The highest BCUT2D eigenvalue weighted by molar-refractivity contribution is 5.77. The van der Waals surface area contributed by atoms with Crippen molar-refractivity contribution in [3.05, 3.63) is 11.9 Å². The number of rotatable bonds is 5. The van der Waals surface area contributed by atoms with Gasteiger partial charge in [0.1, 0.15) is 5.78 Å². The number of H-pyrrole nitrogens is 1. The molecule has 4 heteroatoms. The van der Waals surface area contributed by atoms with Crippen LogP contribution in [0.1, 0.15) is 31.9 Å². The fourth-order valence-electron chi connectivity index (χ4n) is 0.989. The molecule has 1 rings (SSSR count). The first kappa shape index (κ1) is 8.90. The first-order chi connectivity index (χ1) is 5.83. The Labute approximate surface area is 71.4 Å². The number of Topliss-reactive ketones (excluding diaryl/α,β-unsaturated/α-hetero) is 1.